The molecule has 2 N–H and O–H groups in total. The number of nitrogens with two attached hydrogens (primary N) is 1. The van der Waals surface area contributed by atoms with Crippen LogP contribution in [0.25, 0.3) is 0 Å². The molecule has 70 valence electrons. The second-order valence-corrected chi connectivity index (χ2v) is 3.42. The summed E-state index contributed by atoms with van der Waals surface area (Å²) in [5.41, 5.74) is 0. The summed E-state index contributed by atoms with van der Waals surface area (Å²) in [6, 6.07) is 7.89. The molecular formula is C6H9Cl2NO2S. The number of sulfonamides is 1. The van der Waals surface area contributed by atoms with E-state index in [1.54, 1.807) is 18.2 Å². The molecule has 0 saturated heterocycles. The van der Waals surface area contributed by atoms with Gasteiger partial charge in [-0.3, -0.25) is 0 Å². The lowest BCUT2D eigenvalue weighted by atomic mass is 10.4. The molecule has 1 aromatic carbocycles. The lowest BCUT2D eigenvalue weighted by Crippen LogP contribution is -2.11. The molecule has 0 saturated carbocycles. The van der Waals surface area contributed by atoms with E-state index in [1.165, 1.54) is 12.1 Å². The molecule has 0 spiro atoms. The fraction of sp³-hybridized carbons (Fsp3) is 0. The molecular weight excluding hydrogens is 221 g/mol. The second kappa shape index (κ2) is 5.37. The first-order valence-electron chi connectivity index (χ1n) is 2.68. The zero-order valence-corrected chi connectivity index (χ0v) is 8.45. The third kappa shape index (κ3) is 3.92. The Hall–Kier alpha value is -0.290. The molecule has 0 unspecified atom stereocenters. The first-order valence-corrected chi connectivity index (χ1v) is 4.23. The summed E-state index contributed by atoms with van der Waals surface area (Å²) in [5.74, 6) is 0. The maximum atomic E-state index is 10.6. The van der Waals surface area contributed by atoms with Crippen LogP contribution in [0, 0.1) is 0 Å². The molecule has 0 aliphatic carbocycles. The van der Waals surface area contributed by atoms with Gasteiger partial charge >= 0.3 is 0 Å². The van der Waals surface area contributed by atoms with E-state index in [1.807, 2.05) is 0 Å². The first-order chi connectivity index (χ1) is 4.61. The van der Waals surface area contributed by atoms with E-state index in [0.717, 1.165) is 0 Å². The zero-order chi connectivity index (χ0) is 7.61. The van der Waals surface area contributed by atoms with Crippen molar-refractivity contribution in [2.75, 3.05) is 0 Å². The van der Waals surface area contributed by atoms with Crippen LogP contribution < -0.4 is 5.14 Å². The van der Waals surface area contributed by atoms with E-state index in [9.17, 15) is 8.42 Å². The Kier molecular flexibility index (Phi) is 6.38. The minimum absolute atomic E-state index is 0. The van der Waals surface area contributed by atoms with Crippen molar-refractivity contribution in [2.45, 2.75) is 4.90 Å². The van der Waals surface area contributed by atoms with Gasteiger partial charge in [0.2, 0.25) is 10.0 Å². The van der Waals surface area contributed by atoms with E-state index in [4.69, 9.17) is 5.14 Å². The molecule has 12 heavy (non-hydrogen) atoms. The Morgan fingerprint density at radius 2 is 1.42 bits per heavy atom. The van der Waals surface area contributed by atoms with Gasteiger partial charge in [-0.05, 0) is 12.1 Å². The van der Waals surface area contributed by atoms with E-state index < -0.39 is 10.0 Å². The van der Waals surface area contributed by atoms with Crippen molar-refractivity contribution in [3.63, 3.8) is 0 Å². The summed E-state index contributed by atoms with van der Waals surface area (Å²) in [5, 5.41) is 4.83. The van der Waals surface area contributed by atoms with Crippen molar-refractivity contribution < 1.29 is 8.42 Å². The van der Waals surface area contributed by atoms with Crippen LogP contribution in [0.15, 0.2) is 35.2 Å². The molecule has 0 atom stereocenters. The topological polar surface area (TPSA) is 60.2 Å². The number of halogens is 2. The van der Waals surface area contributed by atoms with Crippen LogP contribution in [-0.4, -0.2) is 8.42 Å². The highest BCUT2D eigenvalue weighted by Crippen LogP contribution is 2.02. The second-order valence-electron chi connectivity index (χ2n) is 1.86. The largest absolute Gasteiger partial charge is 0.238 e. The van der Waals surface area contributed by atoms with Crippen molar-refractivity contribution in [3.8, 4) is 0 Å². The van der Waals surface area contributed by atoms with Crippen LogP contribution in [0.2, 0.25) is 0 Å². The van der Waals surface area contributed by atoms with Gasteiger partial charge in [-0.1, -0.05) is 18.2 Å². The summed E-state index contributed by atoms with van der Waals surface area (Å²) in [4.78, 5) is 0.148. The molecule has 0 aliphatic rings. The molecule has 3 nitrogen and oxygen atoms in total. The molecule has 0 radical (unpaired) electrons. The molecule has 0 aromatic heterocycles. The molecule has 0 aliphatic heterocycles. The maximum absolute atomic E-state index is 10.6. The molecule has 1 aromatic rings. The molecule has 0 bridgehead atoms. The number of rotatable bonds is 1. The standard InChI is InChI=1S/C6H7NO2S.2ClH/c7-10(8,9)6-4-2-1-3-5-6;;/h1-5H,(H2,7,8,9);2*1H. The minimum atomic E-state index is -3.50. The fourth-order valence-electron chi connectivity index (χ4n) is 0.610. The number of benzene rings is 1. The third-order valence-electron chi connectivity index (χ3n) is 1.07. The summed E-state index contributed by atoms with van der Waals surface area (Å²) in [6.45, 7) is 0. The highest BCUT2D eigenvalue weighted by Gasteiger charge is 2.03. The van der Waals surface area contributed by atoms with E-state index >= 15 is 0 Å². The third-order valence-corrected chi connectivity index (χ3v) is 2.00. The van der Waals surface area contributed by atoms with Crippen molar-refractivity contribution in [3.05, 3.63) is 30.3 Å². The Balaban J connectivity index is 0. The zero-order valence-electron chi connectivity index (χ0n) is 6.01. The summed E-state index contributed by atoms with van der Waals surface area (Å²) < 4.78 is 21.2. The quantitative estimate of drug-likeness (QED) is 0.787. The normalized spacial score (nSPS) is 9.42. The van der Waals surface area contributed by atoms with Crippen LogP contribution in [0.1, 0.15) is 0 Å². The van der Waals surface area contributed by atoms with Gasteiger partial charge in [0.05, 0.1) is 4.90 Å². The minimum Gasteiger partial charge on any atom is -0.225 e. The fourth-order valence-corrected chi connectivity index (χ4v) is 1.15. The van der Waals surface area contributed by atoms with Crippen molar-refractivity contribution in [1.82, 2.24) is 0 Å². The molecule has 0 heterocycles. The van der Waals surface area contributed by atoms with Crippen molar-refractivity contribution in [1.29, 1.82) is 0 Å². The Morgan fingerprint density at radius 1 is 1.00 bits per heavy atom. The van der Waals surface area contributed by atoms with Crippen molar-refractivity contribution >= 4 is 34.8 Å². The number of hydrogen-bond acceptors (Lipinski definition) is 2. The van der Waals surface area contributed by atoms with Gasteiger partial charge in [0.25, 0.3) is 0 Å². The predicted molar refractivity (Wildman–Crippen MR) is 52.3 cm³/mol. The SMILES string of the molecule is Cl.Cl.NS(=O)(=O)c1ccccc1. The van der Waals surface area contributed by atoms with Gasteiger partial charge in [0, 0.05) is 0 Å². The lowest BCUT2D eigenvalue weighted by molar-refractivity contribution is 0.598. The van der Waals surface area contributed by atoms with Gasteiger partial charge in [-0.2, -0.15) is 0 Å². The van der Waals surface area contributed by atoms with E-state index in [2.05, 4.69) is 0 Å². The highest BCUT2D eigenvalue weighted by molar-refractivity contribution is 7.89. The lowest BCUT2D eigenvalue weighted by Gasteiger charge is -1.93. The summed E-state index contributed by atoms with van der Waals surface area (Å²) >= 11 is 0. The molecule has 0 amide bonds. The first kappa shape index (κ1) is 14.2. The Labute approximate surface area is 83.8 Å². The smallest absolute Gasteiger partial charge is 0.225 e. The Morgan fingerprint density at radius 3 is 1.67 bits per heavy atom. The summed E-state index contributed by atoms with van der Waals surface area (Å²) in [7, 11) is -3.50. The highest BCUT2D eigenvalue weighted by atomic mass is 35.5. The van der Waals surface area contributed by atoms with Gasteiger partial charge in [-0.25, -0.2) is 13.6 Å². The van der Waals surface area contributed by atoms with Crippen LogP contribution in [-0.2, 0) is 10.0 Å². The van der Waals surface area contributed by atoms with Gasteiger partial charge in [-0.15, -0.1) is 24.8 Å². The average Bonchev–Trinajstić information content (AvgIpc) is 1.88. The molecule has 6 heteroatoms. The molecule has 1 rings (SSSR count). The molecule has 0 fully saturated rings. The number of hydrogen-bond donors (Lipinski definition) is 1. The monoisotopic (exact) mass is 229 g/mol. The average molecular weight is 230 g/mol. The van der Waals surface area contributed by atoms with Crippen LogP contribution >= 0.6 is 24.8 Å². The number of primary sulfonamides is 1. The van der Waals surface area contributed by atoms with Crippen molar-refractivity contribution in [2.24, 2.45) is 5.14 Å². The van der Waals surface area contributed by atoms with Gasteiger partial charge in [0.1, 0.15) is 0 Å². The van der Waals surface area contributed by atoms with Crippen LogP contribution in [0.4, 0.5) is 0 Å². The van der Waals surface area contributed by atoms with Crippen LogP contribution in [0.3, 0.4) is 0 Å². The Bertz CT molecular complexity index is 312. The van der Waals surface area contributed by atoms with E-state index in [0.29, 0.717) is 0 Å². The van der Waals surface area contributed by atoms with Gasteiger partial charge < -0.3 is 0 Å². The maximum Gasteiger partial charge on any atom is 0.238 e. The van der Waals surface area contributed by atoms with E-state index in [-0.39, 0.29) is 29.7 Å². The van der Waals surface area contributed by atoms with Gasteiger partial charge in [0.15, 0.2) is 0 Å². The predicted octanol–water partition coefficient (Wildman–Crippen LogP) is 1.18. The summed E-state index contributed by atoms with van der Waals surface area (Å²) in [6.07, 6.45) is 0. The van der Waals surface area contributed by atoms with Crippen LogP contribution in [0.5, 0.6) is 0 Å².